The van der Waals surface area contributed by atoms with Crippen LogP contribution in [0, 0.1) is 50.2 Å². The zero-order chi connectivity index (χ0) is 32.1. The van der Waals surface area contributed by atoms with Gasteiger partial charge < -0.3 is 14.6 Å². The van der Waals surface area contributed by atoms with Gasteiger partial charge >= 0.3 is 11.9 Å². The van der Waals surface area contributed by atoms with Gasteiger partial charge in [0.05, 0.1) is 12.5 Å². The number of benzene rings is 1. The lowest BCUT2D eigenvalue weighted by Gasteiger charge is -2.70. The Bertz CT molecular complexity index is 1430. The molecule has 6 rings (SSSR count). The van der Waals surface area contributed by atoms with Crippen LogP contribution in [0.2, 0.25) is 0 Å². The number of fused-ring (bicyclic) bond motifs is 7. The van der Waals surface area contributed by atoms with Gasteiger partial charge in [0.1, 0.15) is 17.4 Å². The summed E-state index contributed by atoms with van der Waals surface area (Å²) < 4.78 is 11.8. The highest BCUT2D eigenvalue weighted by atomic mass is 16.5. The van der Waals surface area contributed by atoms with Crippen molar-refractivity contribution in [3.63, 3.8) is 0 Å². The maximum atomic E-state index is 14.7. The highest BCUT2D eigenvalue weighted by Crippen LogP contribution is 2.75. The third-order valence-corrected chi connectivity index (χ3v) is 14.6. The molecule has 240 valence electrons. The van der Waals surface area contributed by atoms with Crippen molar-refractivity contribution in [2.45, 2.75) is 112 Å². The van der Waals surface area contributed by atoms with Crippen LogP contribution in [-0.2, 0) is 14.3 Å². The van der Waals surface area contributed by atoms with Crippen molar-refractivity contribution in [3.8, 4) is 5.75 Å². The lowest BCUT2D eigenvalue weighted by Crippen LogP contribution is -2.67. The number of para-hydroxylation sites is 1. The van der Waals surface area contributed by atoms with Gasteiger partial charge in [-0.05, 0) is 116 Å². The number of hydrogen-bond acceptors (Lipinski definition) is 5. The monoisotopic (exact) mass is 604 g/mol. The van der Waals surface area contributed by atoms with Crippen molar-refractivity contribution < 1.29 is 29.0 Å². The maximum absolute atomic E-state index is 14.7. The average Bonchev–Trinajstić information content (AvgIpc) is 2.96. The number of aromatic carboxylic acids is 1. The topological polar surface area (TPSA) is 89.9 Å². The Morgan fingerprint density at radius 3 is 2.25 bits per heavy atom. The summed E-state index contributed by atoms with van der Waals surface area (Å²) >= 11 is 0. The number of ether oxygens (including phenoxy) is 2. The number of hydrogen-bond donors (Lipinski definition) is 1. The molecule has 4 saturated carbocycles. The molecule has 0 spiro atoms. The largest absolute Gasteiger partial charge is 0.489 e. The number of carboxylic acids is 1. The summed E-state index contributed by atoms with van der Waals surface area (Å²) in [7, 11) is 1.49. The first kappa shape index (κ1) is 31.4. The van der Waals surface area contributed by atoms with E-state index in [2.05, 4.69) is 54.5 Å². The summed E-state index contributed by atoms with van der Waals surface area (Å²) in [6.45, 7) is 16.2. The number of allylic oxidation sites excluding steroid dienone is 2. The summed E-state index contributed by atoms with van der Waals surface area (Å²) in [6, 6.07) is 6.92. The second-order valence-electron chi connectivity index (χ2n) is 17.0. The molecule has 0 unspecified atom stereocenters. The van der Waals surface area contributed by atoms with Crippen LogP contribution in [0.4, 0.5) is 0 Å². The number of carbonyl (C=O) groups excluding carboxylic acids is 2. The molecule has 44 heavy (non-hydrogen) atoms. The van der Waals surface area contributed by atoms with Crippen molar-refractivity contribution in [2.24, 2.45) is 50.2 Å². The fourth-order valence-electron chi connectivity index (χ4n) is 11.7. The van der Waals surface area contributed by atoms with Crippen molar-refractivity contribution >= 4 is 17.7 Å². The van der Waals surface area contributed by atoms with Gasteiger partial charge in [0.15, 0.2) is 5.78 Å². The minimum absolute atomic E-state index is 0.0889. The molecule has 0 radical (unpaired) electrons. The van der Waals surface area contributed by atoms with Gasteiger partial charge in [0.2, 0.25) is 0 Å². The smallest absolute Gasteiger partial charge is 0.339 e. The Hall–Kier alpha value is -2.63. The van der Waals surface area contributed by atoms with E-state index in [0.717, 1.165) is 57.8 Å². The van der Waals surface area contributed by atoms with E-state index in [-0.39, 0.29) is 68.2 Å². The first-order valence-corrected chi connectivity index (χ1v) is 16.8. The molecule has 0 aromatic heterocycles. The van der Waals surface area contributed by atoms with Crippen LogP contribution >= 0.6 is 0 Å². The molecule has 0 aliphatic heterocycles. The van der Waals surface area contributed by atoms with E-state index in [1.54, 1.807) is 18.2 Å². The first-order valence-electron chi connectivity index (χ1n) is 16.8. The third-order valence-electron chi connectivity index (χ3n) is 14.6. The Kier molecular flexibility index (Phi) is 7.08. The Balaban J connectivity index is 1.36. The second-order valence-corrected chi connectivity index (χ2v) is 17.0. The van der Waals surface area contributed by atoms with Gasteiger partial charge in [0.25, 0.3) is 0 Å². The summed E-state index contributed by atoms with van der Waals surface area (Å²) in [6.07, 6.45) is 10.3. The second kappa shape index (κ2) is 9.93. The number of rotatable bonds is 4. The predicted octanol–water partition coefficient (Wildman–Crippen LogP) is 8.29. The van der Waals surface area contributed by atoms with Crippen molar-refractivity contribution in [1.29, 1.82) is 0 Å². The number of carboxylic acid groups (broad SMARTS) is 1. The highest BCUT2D eigenvalue weighted by molar-refractivity contribution is 5.96. The maximum Gasteiger partial charge on any atom is 0.339 e. The van der Waals surface area contributed by atoms with E-state index in [4.69, 9.17) is 9.47 Å². The summed E-state index contributed by atoms with van der Waals surface area (Å²) in [5.74, 6) is -0.0443. The molecule has 5 aliphatic rings. The third kappa shape index (κ3) is 4.14. The molecule has 6 heteroatoms. The minimum Gasteiger partial charge on any atom is -0.489 e. The highest BCUT2D eigenvalue weighted by Gasteiger charge is 2.70. The van der Waals surface area contributed by atoms with Gasteiger partial charge in [-0.1, -0.05) is 59.2 Å². The molecule has 0 bridgehead atoms. The first-order chi connectivity index (χ1) is 20.5. The molecule has 5 aliphatic carbocycles. The van der Waals surface area contributed by atoms with Crippen LogP contribution < -0.4 is 4.74 Å². The van der Waals surface area contributed by atoms with Crippen LogP contribution in [-0.4, -0.2) is 36.0 Å². The van der Waals surface area contributed by atoms with E-state index in [9.17, 15) is 19.5 Å². The van der Waals surface area contributed by atoms with Gasteiger partial charge in [-0.25, -0.2) is 4.79 Å². The van der Waals surface area contributed by atoms with Crippen molar-refractivity contribution in [2.75, 3.05) is 7.11 Å². The fraction of sp³-hybridized carbons (Fsp3) is 0.711. The van der Waals surface area contributed by atoms with Crippen molar-refractivity contribution in [1.82, 2.24) is 0 Å². The molecule has 0 heterocycles. The zero-order valence-corrected chi connectivity index (χ0v) is 28.0. The quantitative estimate of drug-likeness (QED) is 0.348. The molecule has 0 saturated heterocycles. The Labute approximate surface area is 263 Å². The van der Waals surface area contributed by atoms with Crippen LogP contribution in [0.1, 0.15) is 117 Å². The number of esters is 1. The molecular weight excluding hydrogens is 552 g/mol. The van der Waals surface area contributed by atoms with Crippen molar-refractivity contribution in [3.05, 3.63) is 41.5 Å². The van der Waals surface area contributed by atoms with Gasteiger partial charge in [-0.3, -0.25) is 9.59 Å². The number of methoxy groups -OCH3 is 1. The lowest BCUT2D eigenvalue weighted by molar-refractivity contribution is -0.199. The molecule has 1 aromatic carbocycles. The summed E-state index contributed by atoms with van der Waals surface area (Å²) in [5, 5.41) is 9.77. The van der Waals surface area contributed by atoms with Gasteiger partial charge in [-0.2, -0.15) is 0 Å². The minimum atomic E-state index is -0.982. The molecule has 1 N–H and O–H groups in total. The lowest BCUT2D eigenvalue weighted by atomic mass is 9.33. The predicted molar refractivity (Wildman–Crippen MR) is 169 cm³/mol. The molecule has 6 nitrogen and oxygen atoms in total. The normalized spacial score (nSPS) is 44.2. The van der Waals surface area contributed by atoms with E-state index in [0.29, 0.717) is 5.75 Å². The summed E-state index contributed by atoms with van der Waals surface area (Å²) in [5.41, 5.74) is 0.317. The number of carbonyl (C=O) groups is 3. The SMILES string of the molecule is COC(=O)[C@@]1(C)CC[C@@]2(C)CC[C@]3(C)C(=CC(=O)[C@@H]4[C@]5(C)CC[C@@H](Oc6ccccc6C(=O)O)C(C)(C)[C@H]5CC[C@@]43C)[C@H]2C1. The molecule has 9 atom stereocenters. The number of ketones is 1. The van der Waals surface area contributed by atoms with E-state index in [1.165, 1.54) is 12.7 Å². The van der Waals surface area contributed by atoms with Crippen LogP contribution in [0.15, 0.2) is 35.9 Å². The van der Waals surface area contributed by atoms with Crippen LogP contribution in [0.3, 0.4) is 0 Å². The van der Waals surface area contributed by atoms with E-state index in [1.807, 2.05) is 6.07 Å². The van der Waals surface area contributed by atoms with Gasteiger partial charge in [0, 0.05) is 11.3 Å². The molecule has 0 amide bonds. The van der Waals surface area contributed by atoms with Gasteiger partial charge in [-0.15, -0.1) is 0 Å². The molecule has 1 aromatic rings. The van der Waals surface area contributed by atoms with E-state index >= 15 is 0 Å². The van der Waals surface area contributed by atoms with Crippen LogP contribution in [0.5, 0.6) is 5.75 Å². The summed E-state index contributed by atoms with van der Waals surface area (Å²) in [4.78, 5) is 39.6. The van der Waals surface area contributed by atoms with Crippen LogP contribution in [0.25, 0.3) is 0 Å². The standard InChI is InChI=1S/C38H52O6/c1-33(2)28-13-16-38(7)30(36(28,5)15-14-29(33)44-27-12-10-9-11-23(27)31(40)41)26(39)21-24-25-22-35(4,32(42)43-8)18-17-34(25,3)19-20-37(24,38)6/h9-12,21,25,28-30H,13-20,22H2,1-8H3,(H,40,41)/t25-,28-,29-,30-,34+,35+,36-,37-,38+/m1/s1. The van der Waals surface area contributed by atoms with E-state index < -0.39 is 11.4 Å². The average molecular weight is 605 g/mol. The Morgan fingerprint density at radius 1 is 0.886 bits per heavy atom. The Morgan fingerprint density at radius 2 is 1.57 bits per heavy atom. The fourth-order valence-corrected chi connectivity index (χ4v) is 11.7. The zero-order valence-electron chi connectivity index (χ0n) is 28.0. The molecular formula is C38H52O6. The molecule has 4 fully saturated rings.